The molecule has 0 spiro atoms. The fourth-order valence-electron chi connectivity index (χ4n) is 2.38. The van der Waals surface area contributed by atoms with E-state index in [1.165, 1.54) is 34.6 Å². The average molecular weight is 372 g/mol. The normalized spacial score (nSPS) is 15.3. The van der Waals surface area contributed by atoms with Gasteiger partial charge >= 0.3 is 0 Å². The zero-order valence-corrected chi connectivity index (χ0v) is 15.3. The van der Waals surface area contributed by atoms with E-state index in [1.807, 2.05) is 18.1 Å². The van der Waals surface area contributed by atoms with Crippen LogP contribution in [0.5, 0.6) is 0 Å². The number of hydrogen-bond acceptors (Lipinski definition) is 9. The molecule has 1 N–H and O–H groups in total. The molecule has 0 bridgehead atoms. The van der Waals surface area contributed by atoms with E-state index in [-0.39, 0.29) is 12.5 Å². The zero-order chi connectivity index (χ0) is 16.4. The van der Waals surface area contributed by atoms with Crippen molar-refractivity contribution in [1.82, 2.24) is 19.2 Å². The Morgan fingerprint density at radius 1 is 1.30 bits per heavy atom. The first-order chi connectivity index (χ1) is 11.1. The van der Waals surface area contributed by atoms with Crippen LogP contribution in [0.4, 0.5) is 5.13 Å². The van der Waals surface area contributed by atoms with Crippen LogP contribution in [0.25, 0.3) is 0 Å². The van der Waals surface area contributed by atoms with E-state index < -0.39 is 0 Å². The molecule has 1 fully saturated rings. The molecule has 2 aromatic rings. The summed E-state index contributed by atoms with van der Waals surface area (Å²) in [4.78, 5) is 25.9. The lowest BCUT2D eigenvalue weighted by Crippen LogP contribution is -2.48. The second kappa shape index (κ2) is 7.12. The third-order valence-corrected chi connectivity index (χ3v) is 6.16. The van der Waals surface area contributed by atoms with Crippen LogP contribution in [0.3, 0.4) is 0 Å². The van der Waals surface area contributed by atoms with Crippen molar-refractivity contribution in [2.75, 3.05) is 37.3 Å². The molecule has 0 unspecified atom stereocenters. The van der Waals surface area contributed by atoms with Gasteiger partial charge in [0.1, 0.15) is 9.88 Å². The highest BCUT2D eigenvalue weighted by Gasteiger charge is 2.26. The van der Waals surface area contributed by atoms with Gasteiger partial charge in [0.15, 0.2) is 0 Å². The van der Waals surface area contributed by atoms with Crippen molar-refractivity contribution in [3.05, 3.63) is 15.6 Å². The summed E-state index contributed by atoms with van der Waals surface area (Å²) in [6.45, 7) is 4.49. The van der Waals surface area contributed by atoms with Crippen molar-refractivity contribution in [2.24, 2.45) is 0 Å². The summed E-state index contributed by atoms with van der Waals surface area (Å²) in [6.07, 6.45) is 1.96. The monoisotopic (exact) mass is 371 g/mol. The number of thioether (sulfide) groups is 1. The summed E-state index contributed by atoms with van der Waals surface area (Å²) in [5, 5.41) is 11.4. The first kappa shape index (κ1) is 16.6. The number of aryl methyl sites for hydroxylation is 1. The van der Waals surface area contributed by atoms with Crippen molar-refractivity contribution in [1.29, 1.82) is 0 Å². The molecule has 1 aliphatic heterocycles. The van der Waals surface area contributed by atoms with Crippen molar-refractivity contribution >= 4 is 45.7 Å². The minimum absolute atomic E-state index is 0.00131. The molecule has 0 aromatic carbocycles. The second-order valence-corrected chi connectivity index (χ2v) is 7.61. The number of thiazole rings is 1. The highest BCUT2D eigenvalue weighted by molar-refractivity contribution is 7.98. The van der Waals surface area contributed by atoms with Gasteiger partial charge < -0.3 is 14.9 Å². The molecule has 0 saturated carbocycles. The minimum atomic E-state index is -0.124. The number of aliphatic hydroxyl groups excluding tert-OH is 1. The van der Waals surface area contributed by atoms with Gasteiger partial charge in [0, 0.05) is 37.7 Å². The molecule has 1 saturated heterocycles. The Bertz CT molecular complexity index is 694. The molecular weight excluding hydrogens is 354 g/mol. The Kier molecular flexibility index (Phi) is 5.14. The predicted molar refractivity (Wildman–Crippen MR) is 92.6 cm³/mol. The van der Waals surface area contributed by atoms with Gasteiger partial charge in [-0.1, -0.05) is 11.8 Å². The van der Waals surface area contributed by atoms with Crippen LogP contribution in [0, 0.1) is 6.92 Å². The van der Waals surface area contributed by atoms with E-state index >= 15 is 0 Å². The fourth-order valence-corrected chi connectivity index (χ4v) is 4.54. The number of aliphatic hydroxyl groups is 1. The molecular formula is C13H17N5O2S3. The van der Waals surface area contributed by atoms with Gasteiger partial charge in [-0.2, -0.15) is 9.36 Å². The van der Waals surface area contributed by atoms with Gasteiger partial charge in [-0.3, -0.25) is 4.79 Å². The number of aromatic nitrogens is 3. The Balaban J connectivity index is 1.64. The molecule has 23 heavy (non-hydrogen) atoms. The summed E-state index contributed by atoms with van der Waals surface area (Å²) in [5.41, 5.74) is 0.695. The Morgan fingerprint density at radius 3 is 2.61 bits per heavy atom. The van der Waals surface area contributed by atoms with Crippen LogP contribution < -0.4 is 4.90 Å². The highest BCUT2D eigenvalue weighted by atomic mass is 32.2. The van der Waals surface area contributed by atoms with Crippen molar-refractivity contribution < 1.29 is 9.90 Å². The molecule has 10 heteroatoms. The minimum Gasteiger partial charge on any atom is -0.389 e. The first-order valence-electron chi connectivity index (χ1n) is 7.11. The maximum atomic E-state index is 12.6. The average Bonchev–Trinajstić information content (AvgIpc) is 3.20. The summed E-state index contributed by atoms with van der Waals surface area (Å²) in [7, 11) is 0. The number of amides is 1. The zero-order valence-electron chi connectivity index (χ0n) is 12.9. The lowest BCUT2D eigenvalue weighted by molar-refractivity contribution is 0.0750. The number of carbonyl (C=O) groups is 1. The first-order valence-corrected chi connectivity index (χ1v) is 9.93. The summed E-state index contributed by atoms with van der Waals surface area (Å²) in [5.74, 6) is 0.00131. The Hall–Kier alpha value is -1.23. The van der Waals surface area contributed by atoms with Gasteiger partial charge in [0.2, 0.25) is 10.3 Å². The van der Waals surface area contributed by atoms with Gasteiger partial charge in [0.25, 0.3) is 5.91 Å². The summed E-state index contributed by atoms with van der Waals surface area (Å²) < 4.78 is 4.28. The van der Waals surface area contributed by atoms with Crippen LogP contribution in [0.1, 0.15) is 20.4 Å². The molecule has 1 amide bonds. The topological polar surface area (TPSA) is 82.5 Å². The van der Waals surface area contributed by atoms with Crippen LogP contribution >= 0.6 is 34.6 Å². The number of anilines is 1. The number of nitrogens with zero attached hydrogens (tertiary/aromatic N) is 5. The molecule has 0 aliphatic carbocycles. The van der Waals surface area contributed by atoms with Gasteiger partial charge in [0.05, 0.1) is 12.3 Å². The Morgan fingerprint density at radius 2 is 2.04 bits per heavy atom. The van der Waals surface area contributed by atoms with Gasteiger partial charge in [-0.15, -0.1) is 11.3 Å². The lowest BCUT2D eigenvalue weighted by Gasteiger charge is -2.34. The number of rotatable bonds is 4. The predicted octanol–water partition coefficient (Wildman–Crippen LogP) is 1.48. The van der Waals surface area contributed by atoms with Crippen LogP contribution in [-0.2, 0) is 6.61 Å². The lowest BCUT2D eigenvalue weighted by atomic mass is 10.3. The van der Waals surface area contributed by atoms with E-state index in [2.05, 4.69) is 19.2 Å². The van der Waals surface area contributed by atoms with E-state index in [9.17, 15) is 4.79 Å². The van der Waals surface area contributed by atoms with Crippen molar-refractivity contribution in [3.8, 4) is 0 Å². The van der Waals surface area contributed by atoms with Crippen molar-refractivity contribution in [3.63, 3.8) is 0 Å². The third-order valence-electron chi connectivity index (χ3n) is 3.59. The molecule has 7 nitrogen and oxygen atoms in total. The third kappa shape index (κ3) is 3.49. The van der Waals surface area contributed by atoms with Crippen LogP contribution in [-0.4, -0.2) is 62.7 Å². The smallest absolute Gasteiger partial charge is 0.265 e. The van der Waals surface area contributed by atoms with Crippen LogP contribution in [0.15, 0.2) is 5.16 Å². The molecule has 1 aliphatic rings. The SMILES string of the molecule is CSc1nsc(N2CCN(C(=O)c3sc(CO)nc3C)CC2)n1. The maximum absolute atomic E-state index is 12.6. The van der Waals surface area contributed by atoms with E-state index in [1.54, 1.807) is 0 Å². The molecule has 124 valence electrons. The Labute approximate surface area is 146 Å². The molecule has 0 radical (unpaired) electrons. The van der Waals surface area contributed by atoms with E-state index in [0.29, 0.717) is 28.7 Å². The van der Waals surface area contributed by atoms with Gasteiger partial charge in [-0.05, 0) is 13.2 Å². The molecule has 0 atom stereocenters. The number of hydrogen-bond donors (Lipinski definition) is 1. The molecule has 3 heterocycles. The fraction of sp³-hybridized carbons (Fsp3) is 0.538. The number of carbonyl (C=O) groups excluding carboxylic acids is 1. The summed E-state index contributed by atoms with van der Waals surface area (Å²) in [6, 6.07) is 0. The largest absolute Gasteiger partial charge is 0.389 e. The standard InChI is InChI=1S/C13H17N5O2S3/c1-8-10(22-9(7-19)14-8)11(20)17-3-5-18(6-4-17)13-15-12(21-2)16-23-13/h19H,3-7H2,1-2H3. The number of piperazine rings is 1. The van der Waals surface area contributed by atoms with Crippen LogP contribution in [0.2, 0.25) is 0 Å². The maximum Gasteiger partial charge on any atom is 0.265 e. The van der Waals surface area contributed by atoms with Crippen molar-refractivity contribution in [2.45, 2.75) is 18.7 Å². The molecule has 2 aromatic heterocycles. The van der Waals surface area contributed by atoms with Gasteiger partial charge in [-0.25, -0.2) is 4.98 Å². The molecule has 3 rings (SSSR count). The summed E-state index contributed by atoms with van der Waals surface area (Å²) >= 11 is 4.21. The highest BCUT2D eigenvalue weighted by Crippen LogP contribution is 2.24. The second-order valence-electron chi connectivity index (χ2n) is 5.02. The van der Waals surface area contributed by atoms with E-state index in [0.717, 1.165) is 23.4 Å². The quantitative estimate of drug-likeness (QED) is 0.815. The van der Waals surface area contributed by atoms with E-state index in [4.69, 9.17) is 5.11 Å².